The van der Waals surface area contributed by atoms with Gasteiger partial charge in [0.1, 0.15) is 0 Å². The fraction of sp³-hybridized carbons (Fsp3) is 0.250. The van der Waals surface area contributed by atoms with Gasteiger partial charge in [0.2, 0.25) is 5.91 Å². The number of nitrogens with one attached hydrogen (secondary N) is 1. The van der Waals surface area contributed by atoms with E-state index in [0.29, 0.717) is 15.7 Å². The lowest BCUT2D eigenvalue weighted by Crippen LogP contribution is -2.22. The first-order valence-electron chi connectivity index (χ1n) is 5.79. The number of amides is 1. The van der Waals surface area contributed by atoms with Crippen molar-refractivity contribution in [3.8, 4) is 0 Å². The lowest BCUT2D eigenvalue weighted by atomic mass is 10.3. The molecule has 0 saturated heterocycles. The van der Waals surface area contributed by atoms with Crippen molar-refractivity contribution in [3.63, 3.8) is 0 Å². The van der Waals surface area contributed by atoms with E-state index < -0.39 is 0 Å². The molecule has 0 bridgehead atoms. The van der Waals surface area contributed by atoms with Crippen LogP contribution < -0.4 is 5.32 Å². The van der Waals surface area contributed by atoms with Gasteiger partial charge in [-0.2, -0.15) is 0 Å². The molecule has 1 aromatic heterocycles. The van der Waals surface area contributed by atoms with Crippen LogP contribution in [0.3, 0.4) is 0 Å². The quantitative estimate of drug-likeness (QED) is 0.763. The van der Waals surface area contributed by atoms with Gasteiger partial charge in [0.05, 0.1) is 5.25 Å². The van der Waals surface area contributed by atoms with Gasteiger partial charge in [-0.15, -0.1) is 10.2 Å². The predicted octanol–water partition coefficient (Wildman–Crippen LogP) is 4.69. The van der Waals surface area contributed by atoms with Gasteiger partial charge in [-0.3, -0.25) is 4.79 Å². The number of aromatic nitrogens is 2. The highest BCUT2D eigenvalue weighted by Gasteiger charge is 2.17. The topological polar surface area (TPSA) is 54.9 Å². The summed E-state index contributed by atoms with van der Waals surface area (Å²) < 4.78 is 1.65. The number of rotatable bonds is 5. The minimum absolute atomic E-state index is 0.140. The van der Waals surface area contributed by atoms with Crippen molar-refractivity contribution in [2.75, 3.05) is 11.6 Å². The van der Waals surface area contributed by atoms with E-state index >= 15 is 0 Å². The smallest absolute Gasteiger partial charge is 0.237 e. The van der Waals surface area contributed by atoms with Crippen molar-refractivity contribution in [1.82, 2.24) is 10.2 Å². The van der Waals surface area contributed by atoms with E-state index in [1.54, 1.807) is 18.2 Å². The van der Waals surface area contributed by atoms with E-state index in [1.807, 2.05) is 13.2 Å². The first kappa shape index (κ1) is 16.9. The molecule has 1 aromatic carbocycles. The Hall–Kier alpha value is -0.470. The summed E-state index contributed by atoms with van der Waals surface area (Å²) in [5.41, 5.74) is 0.576. The number of halogens is 2. The largest absolute Gasteiger partial charge is 0.325 e. The Morgan fingerprint density at radius 1 is 1.24 bits per heavy atom. The molecule has 2 rings (SSSR count). The highest BCUT2D eigenvalue weighted by molar-refractivity contribution is 8.03. The van der Waals surface area contributed by atoms with Gasteiger partial charge in [0.15, 0.2) is 8.68 Å². The molecule has 1 atom stereocenters. The normalized spacial score (nSPS) is 12.2. The van der Waals surface area contributed by atoms with Crippen LogP contribution in [0.5, 0.6) is 0 Å². The van der Waals surface area contributed by atoms with E-state index in [4.69, 9.17) is 23.2 Å². The van der Waals surface area contributed by atoms with Crippen molar-refractivity contribution in [3.05, 3.63) is 28.2 Å². The second kappa shape index (κ2) is 7.69. The Morgan fingerprint density at radius 2 is 1.86 bits per heavy atom. The highest BCUT2D eigenvalue weighted by atomic mass is 35.5. The summed E-state index contributed by atoms with van der Waals surface area (Å²) in [6, 6.07) is 4.92. The fourth-order valence-electron chi connectivity index (χ4n) is 1.40. The summed E-state index contributed by atoms with van der Waals surface area (Å²) in [6.45, 7) is 1.81. The molecule has 1 amide bonds. The molecule has 1 N–H and O–H groups in total. The predicted molar refractivity (Wildman–Crippen MR) is 92.1 cm³/mol. The lowest BCUT2D eigenvalue weighted by Gasteiger charge is -2.10. The zero-order valence-corrected chi connectivity index (χ0v) is 15.1. The van der Waals surface area contributed by atoms with Gasteiger partial charge in [0.25, 0.3) is 0 Å². The van der Waals surface area contributed by atoms with Gasteiger partial charge in [-0.05, 0) is 31.4 Å². The number of thioether (sulfide) groups is 2. The molecule has 0 spiro atoms. The number of carbonyl (C=O) groups is 1. The number of hydrogen-bond donors (Lipinski definition) is 1. The van der Waals surface area contributed by atoms with Crippen LogP contribution in [0.2, 0.25) is 10.0 Å². The molecule has 0 aliphatic rings. The molecule has 0 unspecified atom stereocenters. The second-order valence-electron chi connectivity index (χ2n) is 3.95. The molecule has 112 valence electrons. The summed E-state index contributed by atoms with van der Waals surface area (Å²) >= 11 is 16.2. The van der Waals surface area contributed by atoms with Gasteiger partial charge < -0.3 is 5.32 Å². The van der Waals surface area contributed by atoms with Crippen molar-refractivity contribution < 1.29 is 4.79 Å². The lowest BCUT2D eigenvalue weighted by molar-refractivity contribution is -0.115. The zero-order chi connectivity index (χ0) is 15.4. The van der Waals surface area contributed by atoms with Crippen molar-refractivity contribution in [2.24, 2.45) is 0 Å². The first-order chi connectivity index (χ1) is 9.97. The maximum atomic E-state index is 12.1. The van der Waals surface area contributed by atoms with Crippen LogP contribution in [0.15, 0.2) is 26.9 Å². The van der Waals surface area contributed by atoms with Gasteiger partial charge in [-0.1, -0.05) is 58.1 Å². The van der Waals surface area contributed by atoms with Crippen LogP contribution in [0.4, 0.5) is 5.69 Å². The van der Waals surface area contributed by atoms with E-state index in [-0.39, 0.29) is 11.2 Å². The Balaban J connectivity index is 1.98. The SMILES string of the molecule is CSc1nnc(S[C@@H](C)C(=O)Nc2cc(Cl)cc(Cl)c2)s1. The molecule has 0 radical (unpaired) electrons. The molecule has 0 fully saturated rings. The van der Waals surface area contributed by atoms with Crippen LogP contribution in [-0.2, 0) is 4.79 Å². The third-order valence-corrected chi connectivity index (χ3v) is 5.86. The van der Waals surface area contributed by atoms with Crippen LogP contribution in [0.25, 0.3) is 0 Å². The summed E-state index contributed by atoms with van der Waals surface area (Å²) in [4.78, 5) is 12.1. The summed E-state index contributed by atoms with van der Waals surface area (Å²) in [5, 5.41) is 11.5. The third-order valence-electron chi connectivity index (χ3n) is 2.34. The molecule has 21 heavy (non-hydrogen) atoms. The van der Waals surface area contributed by atoms with Crippen LogP contribution in [0.1, 0.15) is 6.92 Å². The van der Waals surface area contributed by atoms with E-state index in [1.165, 1.54) is 34.9 Å². The first-order valence-corrected chi connectivity index (χ1v) is 9.46. The maximum Gasteiger partial charge on any atom is 0.237 e. The van der Waals surface area contributed by atoms with E-state index in [2.05, 4.69) is 15.5 Å². The molecule has 0 saturated carbocycles. The minimum atomic E-state index is -0.301. The number of hydrogen-bond acceptors (Lipinski definition) is 6. The van der Waals surface area contributed by atoms with E-state index in [9.17, 15) is 4.79 Å². The molecule has 9 heteroatoms. The summed E-state index contributed by atoms with van der Waals surface area (Å²) in [5.74, 6) is -0.140. The third kappa shape index (κ3) is 5.03. The Morgan fingerprint density at radius 3 is 2.43 bits per heavy atom. The average Bonchev–Trinajstić information content (AvgIpc) is 2.85. The van der Waals surface area contributed by atoms with Crippen molar-refractivity contribution in [1.29, 1.82) is 0 Å². The zero-order valence-electron chi connectivity index (χ0n) is 11.1. The van der Waals surface area contributed by atoms with E-state index in [0.717, 1.165) is 8.68 Å². The molecule has 2 aromatic rings. The monoisotopic (exact) mass is 379 g/mol. The average molecular weight is 380 g/mol. The van der Waals surface area contributed by atoms with Gasteiger partial charge in [0, 0.05) is 15.7 Å². The van der Waals surface area contributed by atoms with Crippen LogP contribution >= 0.6 is 58.1 Å². The molecule has 0 aliphatic carbocycles. The van der Waals surface area contributed by atoms with Gasteiger partial charge in [-0.25, -0.2) is 0 Å². The molecule has 4 nitrogen and oxygen atoms in total. The molecule has 1 heterocycles. The standard InChI is InChI=1S/C12H11Cl2N3OS3/c1-6(20-12-17-16-11(19-2)21-12)10(18)15-9-4-7(13)3-8(14)5-9/h3-6H,1-2H3,(H,15,18)/t6-/m0/s1. The molecule has 0 aliphatic heterocycles. The maximum absolute atomic E-state index is 12.1. The molecular formula is C12H11Cl2N3OS3. The summed E-state index contributed by atoms with van der Waals surface area (Å²) in [7, 11) is 0. The number of anilines is 1. The van der Waals surface area contributed by atoms with Crippen LogP contribution in [-0.4, -0.2) is 27.6 Å². The van der Waals surface area contributed by atoms with Gasteiger partial charge >= 0.3 is 0 Å². The van der Waals surface area contributed by atoms with Crippen LogP contribution in [0, 0.1) is 0 Å². The second-order valence-corrected chi connectivity index (χ2v) is 8.44. The fourth-order valence-corrected chi connectivity index (χ4v) is 4.51. The summed E-state index contributed by atoms with van der Waals surface area (Å²) in [6.07, 6.45) is 1.94. The van der Waals surface area contributed by atoms with Crippen molar-refractivity contribution >= 4 is 69.7 Å². The number of nitrogens with zero attached hydrogens (tertiary/aromatic N) is 2. The number of benzene rings is 1. The number of carbonyl (C=O) groups excluding carboxylic acids is 1. The Kier molecular flexibility index (Phi) is 6.19. The van der Waals surface area contributed by atoms with Crippen molar-refractivity contribution in [2.45, 2.75) is 20.9 Å². The minimum Gasteiger partial charge on any atom is -0.325 e. The molecular weight excluding hydrogens is 369 g/mol. The highest BCUT2D eigenvalue weighted by Crippen LogP contribution is 2.31. The Bertz CT molecular complexity index is 630. The Labute approximate surface area is 145 Å².